The van der Waals surface area contributed by atoms with Crippen molar-refractivity contribution >= 4 is 17.6 Å². The van der Waals surface area contributed by atoms with Crippen LogP contribution in [-0.4, -0.2) is 30.1 Å². The highest BCUT2D eigenvalue weighted by atomic mass is 16.4. The lowest BCUT2D eigenvalue weighted by Crippen LogP contribution is -2.40. The van der Waals surface area contributed by atoms with Gasteiger partial charge in [-0.05, 0) is 30.7 Å². The number of carboxylic acids is 1. The number of carboxylic acid groups (broad SMARTS) is 1. The second kappa shape index (κ2) is 6.89. The Bertz CT molecular complexity index is 441. The first-order valence-electron chi connectivity index (χ1n) is 6.24. The molecule has 0 saturated carbocycles. The van der Waals surface area contributed by atoms with Gasteiger partial charge in [-0.2, -0.15) is 0 Å². The molecule has 1 unspecified atom stereocenters. The van der Waals surface area contributed by atoms with Crippen molar-refractivity contribution in [3.05, 3.63) is 29.8 Å². The monoisotopic (exact) mass is 264 g/mol. The third-order valence-electron chi connectivity index (χ3n) is 2.89. The fourth-order valence-corrected chi connectivity index (χ4v) is 1.68. The average Bonchev–Trinajstić information content (AvgIpc) is 2.36. The van der Waals surface area contributed by atoms with Crippen LogP contribution in [0, 0.1) is 0 Å². The van der Waals surface area contributed by atoms with Gasteiger partial charge in [0, 0.05) is 5.69 Å². The molecule has 5 heteroatoms. The van der Waals surface area contributed by atoms with E-state index in [0.29, 0.717) is 11.6 Å². The minimum absolute atomic E-state index is 0.244. The number of carbonyl (C=O) groups excluding carboxylic acids is 1. The van der Waals surface area contributed by atoms with Crippen LogP contribution in [0.25, 0.3) is 0 Å². The van der Waals surface area contributed by atoms with Gasteiger partial charge in [-0.1, -0.05) is 26.0 Å². The topological polar surface area (TPSA) is 78.4 Å². The van der Waals surface area contributed by atoms with Gasteiger partial charge in [0.15, 0.2) is 0 Å². The lowest BCUT2D eigenvalue weighted by atomic mass is 10.0. The number of likely N-dealkylation sites (N-methyl/N-ethyl adjacent to an activating group) is 1. The van der Waals surface area contributed by atoms with Crippen molar-refractivity contribution in [3.8, 4) is 0 Å². The first-order valence-corrected chi connectivity index (χ1v) is 6.24. The Kier molecular flexibility index (Phi) is 5.51. The van der Waals surface area contributed by atoms with Crippen LogP contribution in [0.1, 0.15) is 31.7 Å². The normalized spacial score (nSPS) is 12.2. The molecule has 1 aromatic carbocycles. The van der Waals surface area contributed by atoms with E-state index in [1.54, 1.807) is 7.05 Å². The Morgan fingerprint density at radius 1 is 1.21 bits per heavy atom. The van der Waals surface area contributed by atoms with Gasteiger partial charge in [0.25, 0.3) is 0 Å². The van der Waals surface area contributed by atoms with E-state index in [4.69, 9.17) is 5.11 Å². The molecule has 1 rings (SSSR count). The Balaban J connectivity index is 2.67. The van der Waals surface area contributed by atoms with Gasteiger partial charge in [0.2, 0.25) is 5.91 Å². The number of hydrogen-bond acceptors (Lipinski definition) is 3. The van der Waals surface area contributed by atoms with E-state index in [9.17, 15) is 9.59 Å². The molecule has 0 aromatic heterocycles. The predicted molar refractivity (Wildman–Crippen MR) is 74.3 cm³/mol. The van der Waals surface area contributed by atoms with E-state index in [1.165, 1.54) is 5.56 Å². The van der Waals surface area contributed by atoms with E-state index >= 15 is 0 Å². The van der Waals surface area contributed by atoms with Gasteiger partial charge in [0.1, 0.15) is 0 Å². The minimum Gasteiger partial charge on any atom is -0.481 e. The maximum absolute atomic E-state index is 11.9. The van der Waals surface area contributed by atoms with Crippen LogP contribution in [0.5, 0.6) is 0 Å². The molecule has 5 nitrogen and oxygen atoms in total. The number of hydrogen-bond donors (Lipinski definition) is 3. The summed E-state index contributed by atoms with van der Waals surface area (Å²) >= 11 is 0. The molecule has 0 heterocycles. The first-order chi connectivity index (χ1) is 8.93. The standard InChI is InChI=1S/C14H20N2O3/c1-9(2)10-4-6-11(7-5-10)16-14(19)12(15-3)8-13(17)18/h4-7,9,12,15H,8H2,1-3H3,(H,16,19)(H,17,18). The van der Waals surface area contributed by atoms with E-state index in [2.05, 4.69) is 24.5 Å². The fraction of sp³-hybridized carbons (Fsp3) is 0.429. The van der Waals surface area contributed by atoms with Gasteiger partial charge < -0.3 is 15.7 Å². The molecular weight excluding hydrogens is 244 g/mol. The van der Waals surface area contributed by atoms with Crippen molar-refractivity contribution in [1.29, 1.82) is 0 Å². The number of amides is 1. The lowest BCUT2D eigenvalue weighted by molar-refractivity contribution is -0.139. The molecule has 0 fully saturated rings. The van der Waals surface area contributed by atoms with Crippen LogP contribution < -0.4 is 10.6 Å². The van der Waals surface area contributed by atoms with E-state index in [1.807, 2.05) is 24.3 Å². The molecular formula is C14H20N2O3. The zero-order chi connectivity index (χ0) is 14.4. The van der Waals surface area contributed by atoms with Crippen molar-refractivity contribution in [2.24, 2.45) is 0 Å². The number of aliphatic carboxylic acids is 1. The Morgan fingerprint density at radius 2 is 1.79 bits per heavy atom. The summed E-state index contributed by atoms with van der Waals surface area (Å²) in [6.45, 7) is 4.19. The SMILES string of the molecule is CNC(CC(=O)O)C(=O)Nc1ccc(C(C)C)cc1. The smallest absolute Gasteiger partial charge is 0.305 e. The van der Waals surface area contributed by atoms with Gasteiger partial charge in [-0.25, -0.2) is 0 Å². The van der Waals surface area contributed by atoms with Gasteiger partial charge >= 0.3 is 5.97 Å². The van der Waals surface area contributed by atoms with Crippen molar-refractivity contribution in [1.82, 2.24) is 5.32 Å². The zero-order valence-electron chi connectivity index (χ0n) is 11.4. The number of anilines is 1. The highest BCUT2D eigenvalue weighted by molar-refractivity contribution is 5.96. The third-order valence-corrected chi connectivity index (χ3v) is 2.89. The van der Waals surface area contributed by atoms with Crippen LogP contribution in [0.4, 0.5) is 5.69 Å². The predicted octanol–water partition coefficient (Wildman–Crippen LogP) is 1.81. The molecule has 0 aliphatic heterocycles. The van der Waals surface area contributed by atoms with Crippen LogP contribution >= 0.6 is 0 Å². The van der Waals surface area contributed by atoms with Gasteiger partial charge in [-0.15, -0.1) is 0 Å². The van der Waals surface area contributed by atoms with Crippen molar-refractivity contribution in [2.45, 2.75) is 32.2 Å². The summed E-state index contributed by atoms with van der Waals surface area (Å²) in [4.78, 5) is 22.5. The highest BCUT2D eigenvalue weighted by Crippen LogP contribution is 2.17. The fourth-order valence-electron chi connectivity index (χ4n) is 1.68. The zero-order valence-corrected chi connectivity index (χ0v) is 11.4. The summed E-state index contributed by atoms with van der Waals surface area (Å²) in [6, 6.07) is 6.81. The molecule has 0 aliphatic carbocycles. The molecule has 1 amide bonds. The van der Waals surface area contributed by atoms with Crippen LogP contribution in [0.15, 0.2) is 24.3 Å². The van der Waals surface area contributed by atoms with Crippen molar-refractivity contribution in [3.63, 3.8) is 0 Å². The summed E-state index contributed by atoms with van der Waals surface area (Å²) in [7, 11) is 1.56. The Hall–Kier alpha value is -1.88. The second-order valence-electron chi connectivity index (χ2n) is 4.71. The minimum atomic E-state index is -1.01. The molecule has 104 valence electrons. The van der Waals surface area contributed by atoms with Crippen LogP contribution in [0.2, 0.25) is 0 Å². The number of carbonyl (C=O) groups is 2. The van der Waals surface area contributed by atoms with Crippen molar-refractivity contribution < 1.29 is 14.7 Å². The maximum atomic E-state index is 11.9. The van der Waals surface area contributed by atoms with Crippen molar-refractivity contribution in [2.75, 3.05) is 12.4 Å². The van der Waals surface area contributed by atoms with Crippen LogP contribution in [0.3, 0.4) is 0 Å². The molecule has 1 aromatic rings. The Labute approximate surface area is 113 Å². The number of nitrogens with one attached hydrogen (secondary N) is 2. The third kappa shape index (κ3) is 4.71. The first kappa shape index (κ1) is 15.2. The van der Waals surface area contributed by atoms with Crippen LogP contribution in [-0.2, 0) is 9.59 Å². The quantitative estimate of drug-likeness (QED) is 0.732. The van der Waals surface area contributed by atoms with E-state index in [0.717, 1.165) is 0 Å². The molecule has 19 heavy (non-hydrogen) atoms. The van der Waals surface area contributed by atoms with E-state index < -0.39 is 12.0 Å². The summed E-state index contributed by atoms with van der Waals surface area (Å²) in [5.74, 6) is -0.923. The summed E-state index contributed by atoms with van der Waals surface area (Å²) < 4.78 is 0. The Morgan fingerprint density at radius 3 is 2.21 bits per heavy atom. The molecule has 0 spiro atoms. The summed E-state index contributed by atoms with van der Waals surface area (Å²) in [5.41, 5.74) is 1.86. The lowest BCUT2D eigenvalue weighted by Gasteiger charge is -2.14. The largest absolute Gasteiger partial charge is 0.481 e. The summed E-state index contributed by atoms with van der Waals surface area (Å²) in [5, 5.41) is 14.1. The average molecular weight is 264 g/mol. The molecule has 0 saturated heterocycles. The number of rotatable bonds is 6. The molecule has 3 N–H and O–H groups in total. The van der Waals surface area contributed by atoms with Gasteiger partial charge in [-0.3, -0.25) is 9.59 Å². The van der Waals surface area contributed by atoms with E-state index in [-0.39, 0.29) is 12.3 Å². The molecule has 0 bridgehead atoms. The number of benzene rings is 1. The highest BCUT2D eigenvalue weighted by Gasteiger charge is 2.19. The molecule has 1 atom stereocenters. The maximum Gasteiger partial charge on any atom is 0.305 e. The second-order valence-corrected chi connectivity index (χ2v) is 4.71. The molecule has 0 radical (unpaired) electrons. The summed E-state index contributed by atoms with van der Waals surface area (Å²) in [6.07, 6.45) is -0.244. The van der Waals surface area contributed by atoms with Gasteiger partial charge in [0.05, 0.1) is 12.5 Å². The molecule has 0 aliphatic rings.